The van der Waals surface area contributed by atoms with Crippen molar-refractivity contribution < 1.29 is 4.79 Å². The van der Waals surface area contributed by atoms with E-state index < -0.39 is 0 Å². The number of rotatable bonds is 5. The van der Waals surface area contributed by atoms with Crippen molar-refractivity contribution in [1.29, 1.82) is 0 Å². The van der Waals surface area contributed by atoms with Gasteiger partial charge in [0.25, 0.3) is 5.91 Å². The van der Waals surface area contributed by atoms with Gasteiger partial charge < -0.3 is 5.32 Å². The topological polar surface area (TPSA) is 62.5 Å². The normalized spacial score (nSPS) is 15.5. The minimum atomic E-state index is -0.0951. The fourth-order valence-electron chi connectivity index (χ4n) is 4.00. The average molecular weight is 418 g/mol. The van der Waals surface area contributed by atoms with E-state index in [0.29, 0.717) is 11.2 Å². The maximum Gasteiger partial charge on any atom is 0.256 e. The zero-order valence-electron chi connectivity index (χ0n) is 16.6. The van der Waals surface area contributed by atoms with Crippen molar-refractivity contribution in [1.82, 2.24) is 24.8 Å². The van der Waals surface area contributed by atoms with Crippen LogP contribution in [0.15, 0.2) is 66.3 Å². The number of hydrogen-bond donors (Lipinski definition) is 1. The van der Waals surface area contributed by atoms with E-state index >= 15 is 0 Å². The Labute approximate surface area is 179 Å². The lowest BCUT2D eigenvalue weighted by Crippen LogP contribution is -2.44. The van der Waals surface area contributed by atoms with Crippen molar-refractivity contribution in [2.24, 2.45) is 0 Å². The minimum absolute atomic E-state index is 0.0951. The second-order valence-corrected chi connectivity index (χ2v) is 8.56. The molecule has 6 nitrogen and oxygen atoms in total. The summed E-state index contributed by atoms with van der Waals surface area (Å²) in [6.07, 6.45) is 5.27. The van der Waals surface area contributed by atoms with Gasteiger partial charge in [-0.05, 0) is 35.9 Å². The Morgan fingerprint density at radius 2 is 1.93 bits per heavy atom. The van der Waals surface area contributed by atoms with E-state index in [2.05, 4.69) is 44.6 Å². The number of amides is 1. The van der Waals surface area contributed by atoms with Gasteiger partial charge in [-0.25, -0.2) is 9.50 Å². The minimum Gasteiger partial charge on any atom is -0.349 e. The molecule has 0 bridgehead atoms. The Hall–Kier alpha value is -3.03. The number of benzene rings is 1. The summed E-state index contributed by atoms with van der Waals surface area (Å²) in [6, 6.07) is 16.7. The van der Waals surface area contributed by atoms with Crippen molar-refractivity contribution in [3.63, 3.8) is 0 Å². The summed E-state index contributed by atoms with van der Waals surface area (Å²) in [5, 5.41) is 9.67. The maximum atomic E-state index is 12.9. The highest BCUT2D eigenvalue weighted by Crippen LogP contribution is 2.25. The van der Waals surface area contributed by atoms with E-state index in [9.17, 15) is 4.79 Å². The first-order valence-electron chi connectivity index (χ1n) is 10.2. The third-order valence-corrected chi connectivity index (χ3v) is 6.48. The molecule has 1 aromatic carbocycles. The quantitative estimate of drug-likeness (QED) is 0.536. The molecular formula is C23H23N5OS. The number of piperidine rings is 1. The fourth-order valence-corrected chi connectivity index (χ4v) is 4.74. The van der Waals surface area contributed by atoms with E-state index in [1.54, 1.807) is 28.2 Å². The molecule has 152 valence electrons. The van der Waals surface area contributed by atoms with Crippen LogP contribution in [0.5, 0.6) is 0 Å². The molecule has 0 spiro atoms. The third-order valence-electron chi connectivity index (χ3n) is 5.59. The van der Waals surface area contributed by atoms with Gasteiger partial charge in [0.1, 0.15) is 5.56 Å². The highest BCUT2D eigenvalue weighted by molar-refractivity contribution is 7.13. The number of fused-ring (bicyclic) bond motifs is 1. The van der Waals surface area contributed by atoms with E-state index in [-0.39, 0.29) is 11.9 Å². The predicted octanol–water partition coefficient (Wildman–Crippen LogP) is 3.85. The molecule has 0 aliphatic carbocycles. The summed E-state index contributed by atoms with van der Waals surface area (Å²) in [6.45, 7) is 2.93. The molecule has 1 aliphatic heterocycles. The average Bonchev–Trinajstić information content (AvgIpc) is 3.46. The molecule has 1 N–H and O–H groups in total. The van der Waals surface area contributed by atoms with Crippen LogP contribution in [0.4, 0.5) is 0 Å². The standard InChI is InChI=1S/C23H23N5OS/c29-23(26-18-9-12-27(13-10-18)16-17-5-2-1-3-6-17)19-15-25-28-20(8-11-24-22(19)28)21-7-4-14-30-21/h1-8,11,14-15,18H,9-10,12-13,16H2,(H,26,29). The smallest absolute Gasteiger partial charge is 0.256 e. The Bertz CT molecular complexity index is 1130. The molecule has 4 heterocycles. The largest absolute Gasteiger partial charge is 0.349 e. The van der Waals surface area contributed by atoms with Gasteiger partial charge in [0, 0.05) is 31.9 Å². The number of carbonyl (C=O) groups is 1. The SMILES string of the molecule is O=C(NC1CCN(Cc2ccccc2)CC1)c1cnn2c(-c3cccs3)ccnc12. The van der Waals surface area contributed by atoms with Gasteiger partial charge in [-0.1, -0.05) is 36.4 Å². The molecule has 1 fully saturated rings. The lowest BCUT2D eigenvalue weighted by molar-refractivity contribution is 0.0910. The van der Waals surface area contributed by atoms with Crippen LogP contribution in [0.1, 0.15) is 28.8 Å². The second kappa shape index (κ2) is 8.38. The van der Waals surface area contributed by atoms with Gasteiger partial charge in [-0.15, -0.1) is 11.3 Å². The summed E-state index contributed by atoms with van der Waals surface area (Å²) in [5.41, 5.74) is 3.40. The first-order chi connectivity index (χ1) is 14.8. The van der Waals surface area contributed by atoms with Crippen molar-refractivity contribution in [3.05, 3.63) is 77.4 Å². The van der Waals surface area contributed by atoms with Gasteiger partial charge >= 0.3 is 0 Å². The van der Waals surface area contributed by atoms with Gasteiger partial charge in [-0.2, -0.15) is 5.10 Å². The van der Waals surface area contributed by atoms with Crippen molar-refractivity contribution in [2.75, 3.05) is 13.1 Å². The third kappa shape index (κ3) is 3.86. The molecule has 7 heteroatoms. The number of thiophene rings is 1. The predicted molar refractivity (Wildman–Crippen MR) is 119 cm³/mol. The molecular weight excluding hydrogens is 394 g/mol. The van der Waals surface area contributed by atoms with E-state index in [4.69, 9.17) is 0 Å². The molecule has 5 rings (SSSR count). The van der Waals surface area contributed by atoms with Crippen molar-refractivity contribution in [3.8, 4) is 10.6 Å². The molecule has 1 amide bonds. The maximum absolute atomic E-state index is 12.9. The monoisotopic (exact) mass is 417 g/mol. The molecule has 30 heavy (non-hydrogen) atoms. The zero-order chi connectivity index (χ0) is 20.3. The van der Waals surface area contributed by atoms with Gasteiger partial charge in [0.15, 0.2) is 5.65 Å². The molecule has 0 atom stereocenters. The van der Waals surface area contributed by atoms with Gasteiger partial charge in [0.2, 0.25) is 0 Å². The van der Waals surface area contributed by atoms with Crippen LogP contribution in [-0.4, -0.2) is 44.5 Å². The molecule has 0 saturated carbocycles. The Kier molecular flexibility index (Phi) is 5.29. The summed E-state index contributed by atoms with van der Waals surface area (Å²) in [5.74, 6) is -0.0951. The molecule has 4 aromatic rings. The number of hydrogen-bond acceptors (Lipinski definition) is 5. The van der Waals surface area contributed by atoms with Crippen LogP contribution in [0.3, 0.4) is 0 Å². The van der Waals surface area contributed by atoms with Crippen LogP contribution in [0.25, 0.3) is 16.2 Å². The Morgan fingerprint density at radius 3 is 2.70 bits per heavy atom. The fraction of sp³-hybridized carbons (Fsp3) is 0.261. The van der Waals surface area contributed by atoms with E-state index in [1.165, 1.54) is 5.56 Å². The second-order valence-electron chi connectivity index (χ2n) is 7.61. The summed E-state index contributed by atoms with van der Waals surface area (Å²) < 4.78 is 1.75. The molecule has 1 saturated heterocycles. The van der Waals surface area contributed by atoms with Crippen molar-refractivity contribution in [2.45, 2.75) is 25.4 Å². The van der Waals surface area contributed by atoms with Crippen LogP contribution in [-0.2, 0) is 6.54 Å². The van der Waals surface area contributed by atoms with Crippen LogP contribution >= 0.6 is 11.3 Å². The van der Waals surface area contributed by atoms with Crippen LogP contribution < -0.4 is 5.32 Å². The number of nitrogens with zero attached hydrogens (tertiary/aromatic N) is 4. The lowest BCUT2D eigenvalue weighted by Gasteiger charge is -2.32. The van der Waals surface area contributed by atoms with Gasteiger partial charge in [-0.3, -0.25) is 9.69 Å². The van der Waals surface area contributed by atoms with Crippen molar-refractivity contribution >= 4 is 22.9 Å². The van der Waals surface area contributed by atoms with E-state index in [0.717, 1.165) is 43.0 Å². The Balaban J connectivity index is 1.24. The van der Waals surface area contributed by atoms with Crippen LogP contribution in [0, 0.1) is 0 Å². The number of nitrogens with one attached hydrogen (secondary N) is 1. The van der Waals surface area contributed by atoms with Crippen LogP contribution in [0.2, 0.25) is 0 Å². The molecule has 0 radical (unpaired) electrons. The summed E-state index contributed by atoms with van der Waals surface area (Å²) in [4.78, 5) is 20.9. The van der Waals surface area contributed by atoms with Gasteiger partial charge in [0.05, 0.1) is 16.8 Å². The first kappa shape index (κ1) is 19.0. The summed E-state index contributed by atoms with van der Waals surface area (Å²) >= 11 is 1.64. The first-order valence-corrected chi connectivity index (χ1v) is 11.1. The Morgan fingerprint density at radius 1 is 1.10 bits per heavy atom. The number of aromatic nitrogens is 3. The lowest BCUT2D eigenvalue weighted by atomic mass is 10.0. The van der Waals surface area contributed by atoms with E-state index in [1.807, 2.05) is 29.6 Å². The number of carbonyl (C=O) groups excluding carboxylic acids is 1. The highest BCUT2D eigenvalue weighted by Gasteiger charge is 2.23. The number of likely N-dealkylation sites (tertiary alicyclic amines) is 1. The summed E-state index contributed by atoms with van der Waals surface area (Å²) in [7, 11) is 0. The molecule has 0 unspecified atom stereocenters. The molecule has 3 aromatic heterocycles. The zero-order valence-corrected chi connectivity index (χ0v) is 17.4. The molecule has 1 aliphatic rings. The highest BCUT2D eigenvalue weighted by atomic mass is 32.1.